The van der Waals surface area contributed by atoms with Gasteiger partial charge >= 0.3 is 11.9 Å². The monoisotopic (exact) mass is 422 g/mol. The molecule has 0 saturated carbocycles. The van der Waals surface area contributed by atoms with E-state index >= 15 is 0 Å². The molecule has 31 heavy (non-hydrogen) atoms. The summed E-state index contributed by atoms with van der Waals surface area (Å²) in [7, 11) is 2.51. The molecule has 0 aromatic heterocycles. The Balaban J connectivity index is 2.18. The fourth-order valence-electron chi connectivity index (χ4n) is 4.35. The van der Waals surface area contributed by atoms with Crippen molar-refractivity contribution in [2.24, 2.45) is 0 Å². The molecule has 2 aromatic carbocycles. The van der Waals surface area contributed by atoms with Crippen LogP contribution in [0.5, 0.6) is 0 Å². The van der Waals surface area contributed by atoms with E-state index in [4.69, 9.17) is 9.47 Å². The van der Waals surface area contributed by atoms with Gasteiger partial charge in [0.2, 0.25) is 0 Å². The summed E-state index contributed by atoms with van der Waals surface area (Å²) in [4.78, 5) is 37.8. The van der Waals surface area contributed by atoms with Crippen LogP contribution >= 0.6 is 0 Å². The van der Waals surface area contributed by atoms with Crippen molar-refractivity contribution in [3.05, 3.63) is 69.3 Å². The molecule has 0 spiro atoms. The summed E-state index contributed by atoms with van der Waals surface area (Å²) in [6, 6.07) is 8.42. The average Bonchev–Trinajstić information content (AvgIpc) is 2.74. The first kappa shape index (κ1) is 22.7. The summed E-state index contributed by atoms with van der Waals surface area (Å²) < 4.78 is 9.58. The SMILES string of the molecule is COC(=O)c1cc(C(=O)OC)cc(C(=O)c2cc3c(cc2C)C(C)(C)CCC3(C)C)c1. The fraction of sp³-hybridized carbons (Fsp3) is 0.423. The lowest BCUT2D eigenvalue weighted by Crippen LogP contribution is -2.34. The topological polar surface area (TPSA) is 69.7 Å². The minimum Gasteiger partial charge on any atom is -0.465 e. The molecule has 0 aliphatic heterocycles. The first-order valence-corrected chi connectivity index (χ1v) is 10.4. The molecule has 0 unspecified atom stereocenters. The maximum absolute atomic E-state index is 13.5. The van der Waals surface area contributed by atoms with Crippen molar-refractivity contribution in [2.75, 3.05) is 14.2 Å². The van der Waals surface area contributed by atoms with Gasteiger partial charge < -0.3 is 9.47 Å². The zero-order valence-corrected chi connectivity index (χ0v) is 19.3. The first-order valence-electron chi connectivity index (χ1n) is 10.4. The van der Waals surface area contributed by atoms with Crippen LogP contribution in [0.2, 0.25) is 0 Å². The van der Waals surface area contributed by atoms with E-state index in [1.54, 1.807) is 0 Å². The fourth-order valence-corrected chi connectivity index (χ4v) is 4.35. The Hall–Kier alpha value is -2.95. The van der Waals surface area contributed by atoms with E-state index in [0.29, 0.717) is 5.56 Å². The summed E-state index contributed by atoms with van der Waals surface area (Å²) in [6.45, 7) is 10.8. The van der Waals surface area contributed by atoms with Crippen LogP contribution in [0, 0.1) is 6.92 Å². The average molecular weight is 423 g/mol. The minimum absolute atomic E-state index is 0.0417. The molecule has 5 heteroatoms. The Morgan fingerprint density at radius 2 is 1.13 bits per heavy atom. The number of ether oxygens (including phenoxy) is 2. The highest BCUT2D eigenvalue weighted by Gasteiger charge is 2.38. The van der Waals surface area contributed by atoms with E-state index < -0.39 is 11.9 Å². The maximum atomic E-state index is 13.5. The highest BCUT2D eigenvalue weighted by Crippen LogP contribution is 2.46. The normalized spacial score (nSPS) is 16.2. The summed E-state index contributed by atoms with van der Waals surface area (Å²) in [5.74, 6) is -1.48. The molecular formula is C26H30O5. The molecule has 0 bridgehead atoms. The molecule has 0 radical (unpaired) electrons. The lowest BCUT2D eigenvalue weighted by atomic mass is 9.62. The molecule has 0 fully saturated rings. The number of benzene rings is 2. The van der Waals surface area contributed by atoms with Crippen molar-refractivity contribution >= 4 is 17.7 Å². The summed E-state index contributed by atoms with van der Waals surface area (Å²) in [6.07, 6.45) is 2.12. The zero-order valence-electron chi connectivity index (χ0n) is 19.3. The largest absolute Gasteiger partial charge is 0.465 e. The van der Waals surface area contributed by atoms with Gasteiger partial charge in [-0.1, -0.05) is 33.8 Å². The number of carbonyl (C=O) groups excluding carboxylic acids is 3. The van der Waals surface area contributed by atoms with E-state index in [9.17, 15) is 14.4 Å². The smallest absolute Gasteiger partial charge is 0.337 e. The van der Waals surface area contributed by atoms with Crippen LogP contribution in [0.25, 0.3) is 0 Å². The van der Waals surface area contributed by atoms with Crippen LogP contribution in [-0.4, -0.2) is 31.9 Å². The van der Waals surface area contributed by atoms with Gasteiger partial charge in [0.05, 0.1) is 25.3 Å². The summed E-state index contributed by atoms with van der Waals surface area (Å²) in [5, 5.41) is 0. The van der Waals surface area contributed by atoms with E-state index in [0.717, 1.165) is 18.4 Å². The highest BCUT2D eigenvalue weighted by molar-refractivity contribution is 6.12. The Labute approximate surface area is 183 Å². The van der Waals surface area contributed by atoms with Crippen LogP contribution in [0.1, 0.15) is 93.9 Å². The molecule has 164 valence electrons. The molecule has 1 aliphatic rings. The standard InChI is InChI=1S/C26H30O5/c1-15-10-20-21(26(4,5)9-8-25(20,2)3)14-19(15)22(27)16-11-17(23(28)30-6)13-18(12-16)24(29)31-7/h10-14H,8-9H2,1-7H3. The van der Waals surface area contributed by atoms with Crippen LogP contribution in [0.15, 0.2) is 30.3 Å². The number of fused-ring (bicyclic) bond motifs is 1. The lowest BCUT2D eigenvalue weighted by Gasteiger charge is -2.42. The first-order chi connectivity index (χ1) is 14.4. The van der Waals surface area contributed by atoms with Gasteiger partial charge in [-0.3, -0.25) is 4.79 Å². The Morgan fingerprint density at radius 1 is 0.710 bits per heavy atom. The molecular weight excluding hydrogens is 392 g/mol. The van der Waals surface area contributed by atoms with Gasteiger partial charge in [0.1, 0.15) is 0 Å². The third-order valence-electron chi connectivity index (χ3n) is 6.48. The number of esters is 2. The molecule has 0 atom stereocenters. The van der Waals surface area contributed by atoms with Gasteiger partial charge in [-0.25, -0.2) is 9.59 Å². The molecule has 0 amide bonds. The van der Waals surface area contributed by atoms with Gasteiger partial charge in [-0.15, -0.1) is 0 Å². The Kier molecular flexibility index (Phi) is 5.83. The molecule has 0 saturated heterocycles. The molecule has 1 aliphatic carbocycles. The van der Waals surface area contributed by atoms with Crippen molar-refractivity contribution in [1.29, 1.82) is 0 Å². The quantitative estimate of drug-likeness (QED) is 0.503. The van der Waals surface area contributed by atoms with Gasteiger partial charge in [-0.05, 0) is 71.6 Å². The zero-order chi connectivity index (χ0) is 23.1. The second kappa shape index (κ2) is 7.95. The number of rotatable bonds is 4. The minimum atomic E-state index is -0.621. The lowest BCUT2D eigenvalue weighted by molar-refractivity contribution is 0.0599. The number of methoxy groups -OCH3 is 2. The van der Waals surface area contributed by atoms with Gasteiger partial charge in [0.25, 0.3) is 0 Å². The number of carbonyl (C=O) groups is 3. The predicted molar refractivity (Wildman–Crippen MR) is 119 cm³/mol. The Bertz CT molecular complexity index is 1040. The molecule has 0 heterocycles. The van der Waals surface area contributed by atoms with Gasteiger partial charge in [0, 0.05) is 11.1 Å². The summed E-state index contributed by atoms with van der Waals surface area (Å²) >= 11 is 0. The van der Waals surface area contributed by atoms with E-state index in [1.807, 2.05) is 13.0 Å². The Morgan fingerprint density at radius 3 is 1.58 bits per heavy atom. The van der Waals surface area contributed by atoms with Crippen molar-refractivity contribution < 1.29 is 23.9 Å². The van der Waals surface area contributed by atoms with Crippen molar-refractivity contribution in [1.82, 2.24) is 0 Å². The summed E-state index contributed by atoms with van der Waals surface area (Å²) in [5.41, 5.74) is 4.40. The third-order valence-corrected chi connectivity index (χ3v) is 6.48. The van der Waals surface area contributed by atoms with Gasteiger partial charge in [0.15, 0.2) is 5.78 Å². The van der Waals surface area contributed by atoms with Crippen LogP contribution in [0.3, 0.4) is 0 Å². The van der Waals surface area contributed by atoms with Gasteiger partial charge in [-0.2, -0.15) is 0 Å². The van der Waals surface area contributed by atoms with E-state index in [1.165, 1.54) is 43.5 Å². The van der Waals surface area contributed by atoms with Crippen LogP contribution in [-0.2, 0) is 20.3 Å². The maximum Gasteiger partial charge on any atom is 0.337 e. The van der Waals surface area contributed by atoms with E-state index in [2.05, 4.69) is 33.8 Å². The number of hydrogen-bond acceptors (Lipinski definition) is 5. The van der Waals surface area contributed by atoms with Crippen molar-refractivity contribution in [2.45, 2.75) is 58.3 Å². The van der Waals surface area contributed by atoms with Crippen molar-refractivity contribution in [3.8, 4) is 0 Å². The second-order valence-corrected chi connectivity index (χ2v) is 9.59. The predicted octanol–water partition coefficient (Wildman–Crippen LogP) is 5.15. The number of ketones is 1. The van der Waals surface area contributed by atoms with Crippen LogP contribution in [0.4, 0.5) is 0 Å². The van der Waals surface area contributed by atoms with E-state index in [-0.39, 0.29) is 33.3 Å². The molecule has 5 nitrogen and oxygen atoms in total. The molecule has 3 rings (SSSR count). The van der Waals surface area contributed by atoms with Crippen molar-refractivity contribution in [3.63, 3.8) is 0 Å². The second-order valence-electron chi connectivity index (χ2n) is 9.59. The number of aryl methyl sites for hydroxylation is 1. The highest BCUT2D eigenvalue weighted by atomic mass is 16.5. The van der Waals surface area contributed by atoms with Crippen LogP contribution < -0.4 is 0 Å². The molecule has 2 aromatic rings. The third kappa shape index (κ3) is 4.14. The number of hydrogen-bond donors (Lipinski definition) is 0. The molecule has 0 N–H and O–H groups in total.